The molecule has 0 rings (SSSR count). The molecule has 0 saturated carbocycles. The van der Waals surface area contributed by atoms with Crippen LogP contribution in [0.4, 0.5) is 0 Å². The molecule has 0 aliphatic rings. The van der Waals surface area contributed by atoms with Crippen LogP contribution >= 0.6 is 0 Å². The first-order chi connectivity index (χ1) is 13.5. The minimum absolute atomic E-state index is 0.0273. The van der Waals surface area contributed by atoms with Crippen LogP contribution in [-0.2, 0) is 19.1 Å². The third kappa shape index (κ3) is 17.1. The van der Waals surface area contributed by atoms with E-state index in [9.17, 15) is 9.59 Å². The van der Waals surface area contributed by atoms with E-state index in [1.165, 1.54) is 57.8 Å². The largest absolute Gasteiger partial charge is 0.466 e. The van der Waals surface area contributed by atoms with Crippen LogP contribution in [0.5, 0.6) is 0 Å². The normalized spacial score (nSPS) is 12.2. The van der Waals surface area contributed by atoms with Crippen LogP contribution in [0.1, 0.15) is 124 Å². The van der Waals surface area contributed by atoms with E-state index in [1.54, 1.807) is 0 Å². The number of rotatable bonds is 19. The molecular weight excluding hydrogens is 352 g/mol. The fraction of sp³-hybridized carbons (Fsp3) is 0.917. The van der Waals surface area contributed by atoms with Crippen molar-refractivity contribution in [1.29, 1.82) is 0 Å². The molecule has 0 heterocycles. The summed E-state index contributed by atoms with van der Waals surface area (Å²) in [5.41, 5.74) is 0. The molecule has 28 heavy (non-hydrogen) atoms. The Morgan fingerprint density at radius 2 is 1.18 bits per heavy atom. The molecule has 0 spiro atoms. The van der Waals surface area contributed by atoms with Crippen molar-refractivity contribution in [3.63, 3.8) is 0 Å². The molecule has 4 heteroatoms. The van der Waals surface area contributed by atoms with Crippen molar-refractivity contribution in [2.24, 2.45) is 5.92 Å². The molecule has 0 aromatic rings. The SMILES string of the molecule is CCCCCCCCCCCCCOC(=O)CCCC(=O)OC(CC)C(C)C. The van der Waals surface area contributed by atoms with E-state index in [-0.39, 0.29) is 24.5 Å². The zero-order valence-electron chi connectivity index (χ0n) is 19.1. The summed E-state index contributed by atoms with van der Waals surface area (Å²) in [6.45, 7) is 8.88. The van der Waals surface area contributed by atoms with Crippen molar-refractivity contribution in [3.05, 3.63) is 0 Å². The Bertz CT molecular complexity index is 379. The number of unbranched alkanes of at least 4 members (excludes halogenated alkanes) is 10. The van der Waals surface area contributed by atoms with Crippen molar-refractivity contribution in [2.75, 3.05) is 6.61 Å². The van der Waals surface area contributed by atoms with Crippen LogP contribution in [0.3, 0.4) is 0 Å². The van der Waals surface area contributed by atoms with Gasteiger partial charge in [-0.2, -0.15) is 0 Å². The van der Waals surface area contributed by atoms with Gasteiger partial charge in [0.25, 0.3) is 0 Å². The Morgan fingerprint density at radius 1 is 0.679 bits per heavy atom. The van der Waals surface area contributed by atoms with Crippen LogP contribution in [0.25, 0.3) is 0 Å². The number of carbonyl (C=O) groups is 2. The predicted molar refractivity (Wildman–Crippen MR) is 116 cm³/mol. The summed E-state index contributed by atoms with van der Waals surface area (Å²) in [5.74, 6) is -0.0841. The maximum Gasteiger partial charge on any atom is 0.306 e. The Labute approximate surface area is 174 Å². The summed E-state index contributed by atoms with van der Waals surface area (Å²) in [6.07, 6.45) is 16.0. The Morgan fingerprint density at radius 3 is 1.68 bits per heavy atom. The van der Waals surface area contributed by atoms with Crippen LogP contribution < -0.4 is 0 Å². The lowest BCUT2D eigenvalue weighted by molar-refractivity contribution is -0.151. The highest BCUT2D eigenvalue weighted by Gasteiger charge is 2.16. The van der Waals surface area contributed by atoms with Crippen molar-refractivity contribution in [2.45, 2.75) is 130 Å². The van der Waals surface area contributed by atoms with Gasteiger partial charge >= 0.3 is 11.9 Å². The van der Waals surface area contributed by atoms with Gasteiger partial charge in [0.05, 0.1) is 6.61 Å². The molecule has 0 amide bonds. The van der Waals surface area contributed by atoms with E-state index < -0.39 is 0 Å². The molecule has 0 saturated heterocycles. The third-order valence-corrected chi connectivity index (χ3v) is 5.20. The second-order valence-electron chi connectivity index (χ2n) is 8.29. The van der Waals surface area contributed by atoms with Crippen molar-refractivity contribution < 1.29 is 19.1 Å². The van der Waals surface area contributed by atoms with E-state index in [4.69, 9.17) is 9.47 Å². The molecule has 0 N–H and O–H groups in total. The van der Waals surface area contributed by atoms with Crippen LogP contribution in [0.15, 0.2) is 0 Å². The number of carbonyl (C=O) groups excluding carboxylic acids is 2. The first kappa shape index (κ1) is 26.9. The Kier molecular flexibility index (Phi) is 18.5. The summed E-state index contributed by atoms with van der Waals surface area (Å²) < 4.78 is 10.7. The van der Waals surface area contributed by atoms with Gasteiger partial charge in [-0.3, -0.25) is 9.59 Å². The minimum Gasteiger partial charge on any atom is -0.466 e. The fourth-order valence-corrected chi connectivity index (χ4v) is 3.32. The average molecular weight is 399 g/mol. The number of hydrogen-bond donors (Lipinski definition) is 0. The molecule has 0 fully saturated rings. The summed E-state index contributed by atoms with van der Waals surface area (Å²) in [7, 11) is 0. The monoisotopic (exact) mass is 398 g/mol. The van der Waals surface area contributed by atoms with E-state index in [0.29, 0.717) is 25.4 Å². The predicted octanol–water partition coefficient (Wildman–Crippen LogP) is 6.99. The van der Waals surface area contributed by atoms with E-state index in [1.807, 2.05) is 20.8 Å². The molecule has 0 bridgehead atoms. The van der Waals surface area contributed by atoms with E-state index >= 15 is 0 Å². The van der Waals surface area contributed by atoms with Crippen LogP contribution in [0, 0.1) is 5.92 Å². The minimum atomic E-state index is -0.210. The van der Waals surface area contributed by atoms with Crippen molar-refractivity contribution >= 4 is 11.9 Å². The summed E-state index contributed by atoms with van der Waals surface area (Å²) in [6, 6.07) is 0. The molecular formula is C24H46O4. The quantitative estimate of drug-likeness (QED) is 0.174. The van der Waals surface area contributed by atoms with E-state index in [0.717, 1.165) is 19.3 Å². The fourth-order valence-electron chi connectivity index (χ4n) is 3.32. The molecule has 0 aromatic heterocycles. The first-order valence-corrected chi connectivity index (χ1v) is 11.9. The Hall–Kier alpha value is -1.06. The molecule has 0 radical (unpaired) electrons. The summed E-state index contributed by atoms with van der Waals surface area (Å²) in [4.78, 5) is 23.5. The molecule has 0 aliphatic heterocycles. The highest BCUT2D eigenvalue weighted by molar-refractivity contribution is 5.72. The van der Waals surface area contributed by atoms with Crippen molar-refractivity contribution in [3.8, 4) is 0 Å². The lowest BCUT2D eigenvalue weighted by atomic mass is 10.1. The third-order valence-electron chi connectivity index (χ3n) is 5.20. The topological polar surface area (TPSA) is 52.6 Å². The Balaban J connectivity index is 3.43. The van der Waals surface area contributed by atoms with Gasteiger partial charge in [-0.15, -0.1) is 0 Å². The average Bonchev–Trinajstić information content (AvgIpc) is 2.66. The molecule has 166 valence electrons. The first-order valence-electron chi connectivity index (χ1n) is 11.9. The zero-order valence-corrected chi connectivity index (χ0v) is 19.1. The zero-order chi connectivity index (χ0) is 21.0. The molecule has 1 atom stereocenters. The van der Waals surface area contributed by atoms with Gasteiger partial charge in [0.15, 0.2) is 0 Å². The smallest absolute Gasteiger partial charge is 0.306 e. The second-order valence-corrected chi connectivity index (χ2v) is 8.29. The van der Waals surface area contributed by atoms with Crippen LogP contribution in [0.2, 0.25) is 0 Å². The van der Waals surface area contributed by atoms with Gasteiger partial charge in [-0.05, 0) is 25.2 Å². The highest BCUT2D eigenvalue weighted by atomic mass is 16.5. The maximum atomic E-state index is 11.8. The van der Waals surface area contributed by atoms with Gasteiger partial charge < -0.3 is 9.47 Å². The number of hydrogen-bond acceptors (Lipinski definition) is 4. The second kappa shape index (κ2) is 19.3. The summed E-state index contributed by atoms with van der Waals surface area (Å²) >= 11 is 0. The molecule has 4 nitrogen and oxygen atoms in total. The maximum absolute atomic E-state index is 11.8. The van der Waals surface area contributed by atoms with Crippen LogP contribution in [-0.4, -0.2) is 24.6 Å². The van der Waals surface area contributed by atoms with Crippen molar-refractivity contribution in [1.82, 2.24) is 0 Å². The van der Waals surface area contributed by atoms with Gasteiger partial charge in [0.2, 0.25) is 0 Å². The molecule has 0 aromatic carbocycles. The van der Waals surface area contributed by atoms with Gasteiger partial charge in [-0.25, -0.2) is 0 Å². The highest BCUT2D eigenvalue weighted by Crippen LogP contribution is 2.13. The lowest BCUT2D eigenvalue weighted by Gasteiger charge is -2.19. The standard InChI is InChI=1S/C24H46O4/c1-5-7-8-9-10-11-12-13-14-15-16-20-27-23(25)18-17-19-24(26)28-22(6-2)21(3)4/h21-22H,5-20H2,1-4H3. The molecule has 1 unspecified atom stereocenters. The van der Waals surface area contributed by atoms with E-state index in [2.05, 4.69) is 6.92 Å². The van der Waals surface area contributed by atoms with Gasteiger partial charge in [0, 0.05) is 12.8 Å². The van der Waals surface area contributed by atoms with Gasteiger partial charge in [0.1, 0.15) is 6.10 Å². The summed E-state index contributed by atoms with van der Waals surface area (Å²) in [5, 5.41) is 0. The van der Waals surface area contributed by atoms with Gasteiger partial charge in [-0.1, -0.05) is 91.9 Å². The number of esters is 2. The molecule has 0 aliphatic carbocycles. The lowest BCUT2D eigenvalue weighted by Crippen LogP contribution is -2.22. The number of ether oxygens (including phenoxy) is 2.